The summed E-state index contributed by atoms with van der Waals surface area (Å²) in [4.78, 5) is 17.8. The normalized spacial score (nSPS) is 13.3. The molecule has 0 amide bonds. The summed E-state index contributed by atoms with van der Waals surface area (Å²) in [5.41, 5.74) is 11.8. The number of rotatable bonds is 6. The molecule has 4 aromatic heterocycles. The Balaban J connectivity index is 1.54. The molecular formula is C22H24N8OS. The molecule has 0 atom stereocenters. The summed E-state index contributed by atoms with van der Waals surface area (Å²) in [6.07, 6.45) is 10.5. The summed E-state index contributed by atoms with van der Waals surface area (Å²) in [5.74, 6) is 1.94. The van der Waals surface area contributed by atoms with Crippen molar-refractivity contribution in [1.82, 2.24) is 34.3 Å². The van der Waals surface area contributed by atoms with Crippen LogP contribution in [0, 0.1) is 13.8 Å². The maximum Gasteiger partial charge on any atom is 0.223 e. The third-order valence-corrected chi connectivity index (χ3v) is 6.72. The van der Waals surface area contributed by atoms with E-state index in [4.69, 9.17) is 15.6 Å². The zero-order valence-corrected chi connectivity index (χ0v) is 19.1. The Hall–Kier alpha value is -3.40. The Labute approximate surface area is 189 Å². The first-order chi connectivity index (χ1) is 15.5. The van der Waals surface area contributed by atoms with E-state index >= 15 is 0 Å². The molecule has 1 aliphatic rings. The van der Waals surface area contributed by atoms with Gasteiger partial charge in [-0.15, -0.1) is 11.8 Å². The average molecular weight is 449 g/mol. The second-order valence-electron chi connectivity index (χ2n) is 7.82. The van der Waals surface area contributed by atoms with Gasteiger partial charge >= 0.3 is 0 Å². The second kappa shape index (κ2) is 8.27. The summed E-state index contributed by atoms with van der Waals surface area (Å²) < 4.78 is 9.52. The van der Waals surface area contributed by atoms with Gasteiger partial charge < -0.3 is 15.0 Å². The lowest BCUT2D eigenvalue weighted by Crippen LogP contribution is -2.09. The number of methoxy groups -OCH3 is 1. The Morgan fingerprint density at radius 3 is 2.91 bits per heavy atom. The van der Waals surface area contributed by atoms with Crippen LogP contribution in [0.15, 0.2) is 35.5 Å². The van der Waals surface area contributed by atoms with Gasteiger partial charge in [-0.1, -0.05) is 5.57 Å². The zero-order valence-electron chi connectivity index (χ0n) is 18.2. The molecule has 32 heavy (non-hydrogen) atoms. The highest BCUT2D eigenvalue weighted by Crippen LogP contribution is 2.35. The number of nitrogens with zero attached hydrogens (tertiary/aromatic N) is 7. The lowest BCUT2D eigenvalue weighted by molar-refractivity contribution is 0.406. The Bertz CT molecular complexity index is 1330. The van der Waals surface area contributed by atoms with Crippen molar-refractivity contribution in [3.8, 4) is 5.75 Å². The molecule has 2 N–H and O–H groups in total. The Morgan fingerprint density at radius 2 is 2.12 bits per heavy atom. The van der Waals surface area contributed by atoms with Crippen molar-refractivity contribution >= 4 is 34.8 Å². The summed E-state index contributed by atoms with van der Waals surface area (Å²) >= 11 is 1.68. The number of imidazole rings is 1. The van der Waals surface area contributed by atoms with Gasteiger partial charge in [0.05, 0.1) is 36.8 Å². The summed E-state index contributed by atoms with van der Waals surface area (Å²) in [6, 6.07) is 0. The third kappa shape index (κ3) is 3.70. The van der Waals surface area contributed by atoms with Crippen molar-refractivity contribution in [2.75, 3.05) is 18.6 Å². The van der Waals surface area contributed by atoms with Crippen LogP contribution < -0.4 is 10.5 Å². The van der Waals surface area contributed by atoms with E-state index in [0.717, 1.165) is 63.0 Å². The minimum absolute atomic E-state index is 0.251. The van der Waals surface area contributed by atoms with Crippen molar-refractivity contribution < 1.29 is 4.74 Å². The molecule has 0 spiro atoms. The molecule has 0 bridgehead atoms. The number of aryl methyl sites for hydroxylation is 2. The fraction of sp³-hybridized carbons (Fsp3) is 0.318. The quantitative estimate of drug-likeness (QED) is 0.448. The molecule has 0 saturated heterocycles. The van der Waals surface area contributed by atoms with Gasteiger partial charge in [0, 0.05) is 42.0 Å². The maximum atomic E-state index is 6.06. The lowest BCUT2D eigenvalue weighted by Gasteiger charge is -2.12. The number of ether oxygens (including phenoxy) is 1. The first kappa shape index (κ1) is 20.5. The van der Waals surface area contributed by atoms with Gasteiger partial charge in [-0.3, -0.25) is 4.98 Å². The highest BCUT2D eigenvalue weighted by Gasteiger charge is 2.22. The molecule has 5 rings (SSSR count). The number of hydrogen-bond acceptors (Lipinski definition) is 8. The van der Waals surface area contributed by atoms with E-state index in [-0.39, 0.29) is 5.95 Å². The molecule has 5 heterocycles. The summed E-state index contributed by atoms with van der Waals surface area (Å²) in [5, 5.41) is 6.71. The molecule has 9 nitrogen and oxygen atoms in total. The van der Waals surface area contributed by atoms with E-state index in [2.05, 4.69) is 30.6 Å². The molecule has 0 unspecified atom stereocenters. The molecular weight excluding hydrogens is 424 g/mol. The molecule has 4 aromatic rings. The van der Waals surface area contributed by atoms with E-state index in [1.165, 1.54) is 5.57 Å². The minimum atomic E-state index is 0.251. The maximum absolute atomic E-state index is 6.06. The van der Waals surface area contributed by atoms with Crippen LogP contribution in [0.4, 0.5) is 5.95 Å². The monoisotopic (exact) mass is 448 g/mol. The molecule has 0 aromatic carbocycles. The van der Waals surface area contributed by atoms with Gasteiger partial charge in [0.2, 0.25) is 5.95 Å². The van der Waals surface area contributed by atoms with Gasteiger partial charge in [0.1, 0.15) is 10.8 Å². The Kier molecular flexibility index (Phi) is 5.30. The van der Waals surface area contributed by atoms with E-state index < -0.39 is 0 Å². The molecule has 0 aliphatic carbocycles. The number of hydrogen-bond donors (Lipinski definition) is 1. The smallest absolute Gasteiger partial charge is 0.223 e. The molecule has 164 valence electrons. The van der Waals surface area contributed by atoms with E-state index in [1.807, 2.05) is 37.3 Å². The van der Waals surface area contributed by atoms with Crippen LogP contribution in [0.25, 0.3) is 17.1 Å². The molecule has 10 heteroatoms. The van der Waals surface area contributed by atoms with Gasteiger partial charge in [-0.2, -0.15) is 10.1 Å². The largest absolute Gasteiger partial charge is 0.496 e. The van der Waals surface area contributed by atoms with Crippen molar-refractivity contribution in [1.29, 1.82) is 0 Å². The molecule has 0 radical (unpaired) electrons. The number of pyridine rings is 1. The third-order valence-electron chi connectivity index (χ3n) is 5.64. The van der Waals surface area contributed by atoms with Crippen LogP contribution in [0.3, 0.4) is 0 Å². The lowest BCUT2D eigenvalue weighted by atomic mass is 10.1. The van der Waals surface area contributed by atoms with Crippen LogP contribution in [0.2, 0.25) is 0 Å². The van der Waals surface area contributed by atoms with Crippen LogP contribution >= 0.6 is 11.8 Å². The van der Waals surface area contributed by atoms with Crippen molar-refractivity contribution in [3.05, 3.63) is 53.0 Å². The number of nitrogens with two attached hydrogens (primary N) is 1. The first-order valence-electron chi connectivity index (χ1n) is 10.3. The predicted molar refractivity (Wildman–Crippen MR) is 125 cm³/mol. The van der Waals surface area contributed by atoms with Gasteiger partial charge in [-0.25, -0.2) is 14.6 Å². The summed E-state index contributed by atoms with van der Waals surface area (Å²) in [6.45, 7) is 5.34. The van der Waals surface area contributed by atoms with Gasteiger partial charge in [-0.05, 0) is 26.3 Å². The molecule has 1 aliphatic heterocycles. The number of thioether (sulfide) groups is 1. The topological polar surface area (TPSA) is 110 Å². The molecule has 0 fully saturated rings. The van der Waals surface area contributed by atoms with E-state index in [1.54, 1.807) is 25.1 Å². The van der Waals surface area contributed by atoms with Crippen molar-refractivity contribution in [2.45, 2.75) is 38.4 Å². The van der Waals surface area contributed by atoms with Gasteiger partial charge in [0.25, 0.3) is 0 Å². The van der Waals surface area contributed by atoms with E-state index in [9.17, 15) is 0 Å². The number of nitrogen functional groups attached to an aromatic ring is 1. The number of anilines is 1. The van der Waals surface area contributed by atoms with Crippen LogP contribution in [0.1, 0.15) is 28.9 Å². The van der Waals surface area contributed by atoms with Crippen molar-refractivity contribution in [3.63, 3.8) is 0 Å². The highest BCUT2D eigenvalue weighted by molar-refractivity contribution is 7.99. The second-order valence-corrected chi connectivity index (χ2v) is 8.78. The zero-order chi connectivity index (χ0) is 22.2. The van der Waals surface area contributed by atoms with Crippen LogP contribution in [0.5, 0.6) is 5.75 Å². The fourth-order valence-electron chi connectivity index (χ4n) is 4.00. The SMILES string of the molecule is COc1c(C)cnc(Cn2nc3c4c(nc(N)nc42)SCC(CCn2ccnc2)=C3)c1C. The molecule has 0 saturated carbocycles. The minimum Gasteiger partial charge on any atom is -0.496 e. The highest BCUT2D eigenvalue weighted by atomic mass is 32.2. The number of aromatic nitrogens is 7. The first-order valence-corrected chi connectivity index (χ1v) is 11.3. The van der Waals surface area contributed by atoms with E-state index in [0.29, 0.717) is 6.54 Å². The predicted octanol–water partition coefficient (Wildman–Crippen LogP) is 3.25. The van der Waals surface area contributed by atoms with Crippen LogP contribution in [-0.4, -0.2) is 47.1 Å². The van der Waals surface area contributed by atoms with Crippen LogP contribution in [-0.2, 0) is 13.1 Å². The standard InChI is InChI=1S/C22H24N8OS/c1-13-9-25-17(14(2)19(13)31-3)10-30-20-18-16(28-30)8-15(4-6-29-7-5-24-12-29)11-32-21(18)27-22(23)26-20/h5,7-9,12H,4,6,10-11H2,1-3H3,(H2,23,26,27). The van der Waals surface area contributed by atoms with Crippen molar-refractivity contribution in [2.24, 2.45) is 0 Å². The van der Waals surface area contributed by atoms with Gasteiger partial charge in [0.15, 0.2) is 5.65 Å². The Morgan fingerprint density at radius 1 is 1.25 bits per heavy atom. The fourth-order valence-corrected chi connectivity index (χ4v) is 5.05. The summed E-state index contributed by atoms with van der Waals surface area (Å²) in [7, 11) is 1.68. The average Bonchev–Trinajstić information content (AvgIpc) is 3.36.